The second-order valence-corrected chi connectivity index (χ2v) is 3.52. The first-order valence-corrected chi connectivity index (χ1v) is 4.84. The molecule has 0 aliphatic carbocycles. The second-order valence-electron chi connectivity index (χ2n) is 1.85. The fraction of sp³-hybridized carbons (Fsp3) is 1.00. The maximum Gasteiger partial charge on any atom is 0.477 e. The molecular formula is C5H11O5P. The van der Waals surface area contributed by atoms with E-state index >= 15 is 0 Å². The van der Waals surface area contributed by atoms with Crippen LogP contribution in [0.2, 0.25) is 0 Å². The predicted octanol–water partition coefficient (Wildman–Crippen LogP) is 1.15. The summed E-state index contributed by atoms with van der Waals surface area (Å²) in [4.78, 5) is 0. The van der Waals surface area contributed by atoms with Gasteiger partial charge in [0.25, 0.3) is 0 Å². The summed E-state index contributed by atoms with van der Waals surface area (Å²) in [6.45, 7) is 2.93. The Labute approximate surface area is 65.2 Å². The molecule has 1 fully saturated rings. The van der Waals surface area contributed by atoms with Crippen LogP contribution in [-0.4, -0.2) is 26.6 Å². The second kappa shape index (κ2) is 4.18. The molecule has 0 spiro atoms. The molecule has 0 aromatic rings. The van der Waals surface area contributed by atoms with Crippen LogP contribution in [0.25, 0.3) is 0 Å². The summed E-state index contributed by atoms with van der Waals surface area (Å²) < 4.78 is 30.1. The van der Waals surface area contributed by atoms with Crippen LogP contribution in [0.3, 0.4) is 0 Å². The first kappa shape index (κ1) is 9.16. The Hall–Kier alpha value is 0.0700. The van der Waals surface area contributed by atoms with Gasteiger partial charge in [-0.1, -0.05) is 0 Å². The molecule has 0 bridgehead atoms. The van der Waals surface area contributed by atoms with E-state index in [1.54, 1.807) is 0 Å². The van der Waals surface area contributed by atoms with E-state index in [0.29, 0.717) is 19.8 Å². The van der Waals surface area contributed by atoms with E-state index in [1.807, 2.05) is 6.92 Å². The van der Waals surface area contributed by atoms with Crippen LogP contribution in [0.15, 0.2) is 0 Å². The molecule has 1 rings (SSSR count). The predicted molar refractivity (Wildman–Crippen MR) is 37.1 cm³/mol. The number of rotatable bonds is 4. The van der Waals surface area contributed by atoms with Gasteiger partial charge in [0, 0.05) is 6.61 Å². The molecule has 1 aliphatic rings. The zero-order chi connectivity index (χ0) is 8.16. The van der Waals surface area contributed by atoms with Crippen molar-refractivity contribution in [1.29, 1.82) is 0 Å². The molecule has 1 heterocycles. The number of ether oxygens (including phenoxy) is 1. The van der Waals surface area contributed by atoms with Gasteiger partial charge in [-0.2, -0.15) is 0 Å². The Morgan fingerprint density at radius 1 is 1.45 bits per heavy atom. The third kappa shape index (κ3) is 2.89. The summed E-state index contributed by atoms with van der Waals surface area (Å²) in [6, 6.07) is 0. The molecule has 0 aromatic carbocycles. The maximum absolute atomic E-state index is 11.1. The lowest BCUT2D eigenvalue weighted by atomic mass is 10.8. The molecular weight excluding hydrogens is 171 g/mol. The van der Waals surface area contributed by atoms with Crippen LogP contribution in [0, 0.1) is 0 Å². The summed E-state index contributed by atoms with van der Waals surface area (Å²) in [6.07, 6.45) is 0. The smallest absolute Gasteiger partial charge is 0.355 e. The Kier molecular flexibility index (Phi) is 3.48. The molecule has 1 saturated heterocycles. The quantitative estimate of drug-likeness (QED) is 0.371. The zero-order valence-electron chi connectivity index (χ0n) is 6.32. The van der Waals surface area contributed by atoms with Gasteiger partial charge in [0.15, 0.2) is 6.79 Å². The van der Waals surface area contributed by atoms with Crippen LogP contribution in [0.4, 0.5) is 0 Å². The minimum atomic E-state index is -3.22. The average molecular weight is 182 g/mol. The van der Waals surface area contributed by atoms with Gasteiger partial charge in [0.2, 0.25) is 0 Å². The van der Waals surface area contributed by atoms with Crippen molar-refractivity contribution in [2.24, 2.45) is 0 Å². The van der Waals surface area contributed by atoms with Gasteiger partial charge in [0.1, 0.15) is 0 Å². The van der Waals surface area contributed by atoms with E-state index in [2.05, 4.69) is 0 Å². The topological polar surface area (TPSA) is 54.0 Å². The van der Waals surface area contributed by atoms with Gasteiger partial charge in [-0.15, -0.1) is 0 Å². The largest absolute Gasteiger partial charge is 0.477 e. The molecule has 11 heavy (non-hydrogen) atoms. The highest BCUT2D eigenvalue weighted by molar-refractivity contribution is 7.48. The van der Waals surface area contributed by atoms with Gasteiger partial charge in [-0.05, 0) is 6.92 Å². The molecule has 0 saturated carbocycles. The monoisotopic (exact) mass is 182 g/mol. The van der Waals surface area contributed by atoms with Gasteiger partial charge in [-0.25, -0.2) is 4.57 Å². The maximum atomic E-state index is 11.1. The summed E-state index contributed by atoms with van der Waals surface area (Å²) in [5, 5.41) is 0. The van der Waals surface area contributed by atoms with Crippen molar-refractivity contribution in [3.8, 4) is 0 Å². The normalized spacial score (nSPS) is 22.3. The summed E-state index contributed by atoms with van der Waals surface area (Å²) in [5.74, 6) is 0. The molecule has 6 heteroatoms. The summed E-state index contributed by atoms with van der Waals surface area (Å²) >= 11 is 0. The number of phosphoric acid groups is 1. The highest BCUT2D eigenvalue weighted by atomic mass is 31.2. The van der Waals surface area contributed by atoms with Crippen LogP contribution in [0.1, 0.15) is 6.92 Å². The number of hydrogen-bond acceptors (Lipinski definition) is 5. The van der Waals surface area contributed by atoms with E-state index in [1.165, 1.54) is 0 Å². The standard InChI is InChI=1S/C5H11O5P/c1-2-7-5-10-11(6)8-3-4-9-11/h2-5H2,1H3. The number of hydrogen-bond donors (Lipinski definition) is 0. The Bertz CT molecular complexity index is 149. The highest BCUT2D eigenvalue weighted by Gasteiger charge is 2.31. The highest BCUT2D eigenvalue weighted by Crippen LogP contribution is 2.52. The molecule has 0 N–H and O–H groups in total. The Morgan fingerprint density at radius 2 is 2.09 bits per heavy atom. The van der Waals surface area contributed by atoms with Gasteiger partial charge < -0.3 is 4.74 Å². The average Bonchev–Trinajstić information content (AvgIpc) is 2.38. The molecule has 1 aliphatic heterocycles. The van der Waals surface area contributed by atoms with Gasteiger partial charge >= 0.3 is 7.82 Å². The fourth-order valence-corrected chi connectivity index (χ4v) is 1.62. The van der Waals surface area contributed by atoms with E-state index < -0.39 is 7.82 Å². The number of phosphoric ester groups is 1. The van der Waals surface area contributed by atoms with Crippen molar-refractivity contribution in [3.05, 3.63) is 0 Å². The minimum absolute atomic E-state index is 0.0478. The lowest BCUT2D eigenvalue weighted by Gasteiger charge is -2.08. The van der Waals surface area contributed by atoms with Crippen molar-refractivity contribution in [3.63, 3.8) is 0 Å². The molecule has 0 atom stereocenters. The Morgan fingerprint density at radius 3 is 2.64 bits per heavy atom. The van der Waals surface area contributed by atoms with Gasteiger partial charge in [0.05, 0.1) is 13.2 Å². The molecule has 5 nitrogen and oxygen atoms in total. The lowest BCUT2D eigenvalue weighted by molar-refractivity contribution is 0.00399. The molecule has 0 aromatic heterocycles. The van der Waals surface area contributed by atoms with E-state index in [4.69, 9.17) is 18.3 Å². The fourth-order valence-electron chi connectivity index (χ4n) is 0.595. The molecule has 0 unspecified atom stereocenters. The van der Waals surface area contributed by atoms with E-state index in [0.717, 1.165) is 0 Å². The zero-order valence-corrected chi connectivity index (χ0v) is 7.21. The molecule has 0 radical (unpaired) electrons. The summed E-state index contributed by atoms with van der Waals surface area (Å²) in [7, 11) is -3.22. The van der Waals surface area contributed by atoms with Crippen molar-refractivity contribution >= 4 is 7.82 Å². The van der Waals surface area contributed by atoms with Crippen molar-refractivity contribution in [2.75, 3.05) is 26.6 Å². The summed E-state index contributed by atoms with van der Waals surface area (Å²) in [5.41, 5.74) is 0. The van der Waals surface area contributed by atoms with E-state index in [-0.39, 0.29) is 6.79 Å². The Balaban J connectivity index is 2.18. The van der Waals surface area contributed by atoms with Crippen molar-refractivity contribution < 1.29 is 22.9 Å². The van der Waals surface area contributed by atoms with E-state index in [9.17, 15) is 4.57 Å². The minimum Gasteiger partial charge on any atom is -0.355 e. The SMILES string of the molecule is CCOCOP1(=O)OCCO1. The van der Waals surface area contributed by atoms with Gasteiger partial charge in [-0.3, -0.25) is 13.6 Å². The van der Waals surface area contributed by atoms with Crippen molar-refractivity contribution in [1.82, 2.24) is 0 Å². The van der Waals surface area contributed by atoms with Crippen LogP contribution in [-0.2, 0) is 22.9 Å². The lowest BCUT2D eigenvalue weighted by Crippen LogP contribution is -1.97. The third-order valence-corrected chi connectivity index (χ3v) is 2.50. The van der Waals surface area contributed by atoms with Crippen LogP contribution >= 0.6 is 7.82 Å². The van der Waals surface area contributed by atoms with Crippen LogP contribution < -0.4 is 0 Å². The first-order chi connectivity index (χ1) is 5.27. The van der Waals surface area contributed by atoms with Crippen LogP contribution in [0.5, 0.6) is 0 Å². The van der Waals surface area contributed by atoms with Crippen molar-refractivity contribution in [2.45, 2.75) is 6.92 Å². The first-order valence-electron chi connectivity index (χ1n) is 3.38. The molecule has 0 amide bonds. The molecule has 66 valence electrons. The third-order valence-electron chi connectivity index (χ3n) is 1.08.